The third-order valence-electron chi connectivity index (χ3n) is 9.32. The number of ketones is 1. The number of amides is 1. The van der Waals surface area contributed by atoms with Crippen LogP contribution in [-0.2, 0) is 9.59 Å². The Balaban J connectivity index is 1.25. The highest BCUT2D eigenvalue weighted by Gasteiger charge is 2.48. The number of carbonyl (C=O) groups is 2. The summed E-state index contributed by atoms with van der Waals surface area (Å²) in [4.78, 5) is 30.1. The molecule has 40 heavy (non-hydrogen) atoms. The number of aromatic amines is 1. The molecule has 7 rings (SSSR count). The second-order valence-electron chi connectivity index (χ2n) is 11.8. The van der Waals surface area contributed by atoms with Crippen molar-refractivity contribution >= 4 is 23.6 Å². The SMILES string of the molecule is NC(=O)C(c1n[nH]c2c1C(/C=C/c1ccc(-c3cccc(F)c3)cn1)C1=C(CC3(CCCC3=O)CC1)N2)C1CC1. The van der Waals surface area contributed by atoms with Crippen LogP contribution in [0.2, 0.25) is 0 Å². The molecule has 1 spiro atoms. The maximum atomic E-state index is 13.7. The van der Waals surface area contributed by atoms with Crippen molar-refractivity contribution in [2.45, 2.75) is 63.2 Å². The van der Waals surface area contributed by atoms with Crippen LogP contribution in [0.5, 0.6) is 0 Å². The lowest BCUT2D eigenvalue weighted by Crippen LogP contribution is -2.34. The van der Waals surface area contributed by atoms with Crippen molar-refractivity contribution in [2.24, 2.45) is 17.1 Å². The molecule has 204 valence electrons. The first-order chi connectivity index (χ1) is 19.4. The zero-order valence-corrected chi connectivity index (χ0v) is 22.3. The van der Waals surface area contributed by atoms with Gasteiger partial charge in [-0.2, -0.15) is 5.10 Å². The fourth-order valence-electron chi connectivity index (χ4n) is 7.08. The Labute approximate surface area is 232 Å². The molecule has 3 aromatic rings. The number of aromatic nitrogens is 3. The maximum absolute atomic E-state index is 13.7. The number of H-pyrrole nitrogens is 1. The van der Waals surface area contributed by atoms with E-state index in [-0.39, 0.29) is 29.0 Å². The highest BCUT2D eigenvalue weighted by molar-refractivity contribution is 5.88. The van der Waals surface area contributed by atoms with Crippen LogP contribution in [0.1, 0.15) is 80.2 Å². The van der Waals surface area contributed by atoms with Crippen LogP contribution in [0.4, 0.5) is 10.2 Å². The second kappa shape index (κ2) is 9.54. The average Bonchev–Trinajstić information content (AvgIpc) is 3.61. The van der Waals surface area contributed by atoms with Gasteiger partial charge in [0.1, 0.15) is 17.4 Å². The summed E-state index contributed by atoms with van der Waals surface area (Å²) >= 11 is 0. The Bertz CT molecular complexity index is 1570. The van der Waals surface area contributed by atoms with Crippen LogP contribution in [0, 0.1) is 17.2 Å². The number of anilines is 1. The fourth-order valence-corrected chi connectivity index (χ4v) is 7.08. The lowest BCUT2D eigenvalue weighted by molar-refractivity contribution is -0.126. The second-order valence-corrected chi connectivity index (χ2v) is 11.8. The number of nitrogens with zero attached hydrogens (tertiary/aromatic N) is 2. The molecule has 3 aliphatic carbocycles. The molecule has 7 nitrogen and oxygen atoms in total. The van der Waals surface area contributed by atoms with Gasteiger partial charge in [-0.25, -0.2) is 4.39 Å². The van der Waals surface area contributed by atoms with E-state index in [1.807, 2.05) is 24.3 Å². The van der Waals surface area contributed by atoms with Gasteiger partial charge in [-0.05, 0) is 79.9 Å². The van der Waals surface area contributed by atoms with Gasteiger partial charge in [0, 0.05) is 47.2 Å². The van der Waals surface area contributed by atoms with E-state index < -0.39 is 5.92 Å². The number of primary amides is 1. The number of nitrogens with one attached hydrogen (secondary N) is 2. The Morgan fingerprint density at radius 3 is 2.73 bits per heavy atom. The Hall–Kier alpha value is -4.07. The first-order valence-corrected chi connectivity index (χ1v) is 14.2. The van der Waals surface area contributed by atoms with Gasteiger partial charge >= 0.3 is 0 Å². The van der Waals surface area contributed by atoms with Gasteiger partial charge in [0.05, 0.1) is 17.3 Å². The summed E-state index contributed by atoms with van der Waals surface area (Å²) in [5.74, 6) is 0.244. The lowest BCUT2D eigenvalue weighted by Gasteiger charge is -2.39. The van der Waals surface area contributed by atoms with Gasteiger partial charge in [0.2, 0.25) is 5.91 Å². The molecule has 8 heteroatoms. The largest absolute Gasteiger partial charge is 0.369 e. The number of fused-ring (bicyclic) bond motifs is 1. The third kappa shape index (κ3) is 4.26. The predicted molar refractivity (Wildman–Crippen MR) is 150 cm³/mol. The molecule has 4 aliphatic rings. The molecule has 0 saturated heterocycles. The minimum Gasteiger partial charge on any atom is -0.369 e. The van der Waals surface area contributed by atoms with Gasteiger partial charge in [-0.15, -0.1) is 0 Å². The normalized spacial score (nSPS) is 24.7. The molecule has 0 bridgehead atoms. The van der Waals surface area contributed by atoms with E-state index in [2.05, 4.69) is 26.6 Å². The molecule has 2 aromatic heterocycles. The van der Waals surface area contributed by atoms with Crippen LogP contribution in [0.15, 0.2) is 59.9 Å². The number of hydrogen-bond acceptors (Lipinski definition) is 5. The number of pyridine rings is 1. The van der Waals surface area contributed by atoms with E-state index in [4.69, 9.17) is 5.73 Å². The molecule has 3 atom stereocenters. The lowest BCUT2D eigenvalue weighted by atomic mass is 9.67. The highest BCUT2D eigenvalue weighted by Crippen LogP contribution is 2.55. The molecule has 3 heterocycles. The number of rotatable bonds is 6. The number of nitrogens with two attached hydrogens (primary N) is 1. The third-order valence-corrected chi connectivity index (χ3v) is 9.32. The van der Waals surface area contributed by atoms with Crippen LogP contribution in [0.3, 0.4) is 0 Å². The van der Waals surface area contributed by atoms with Gasteiger partial charge in [-0.3, -0.25) is 19.7 Å². The molecule has 2 fully saturated rings. The number of halogens is 1. The molecular formula is C32H32FN5O2. The number of hydrogen-bond donors (Lipinski definition) is 3. The van der Waals surface area contributed by atoms with Crippen molar-refractivity contribution in [3.8, 4) is 11.1 Å². The minimum atomic E-state index is -0.421. The van der Waals surface area contributed by atoms with Gasteiger partial charge in [-0.1, -0.05) is 24.3 Å². The van der Waals surface area contributed by atoms with E-state index in [9.17, 15) is 14.0 Å². The first kappa shape index (κ1) is 24.9. The molecule has 2 saturated carbocycles. The summed E-state index contributed by atoms with van der Waals surface area (Å²) in [6.45, 7) is 0. The number of Topliss-reactive ketones (excluding diaryl/α,β-unsaturated/α-hetero) is 1. The van der Waals surface area contributed by atoms with Crippen molar-refractivity contribution in [2.75, 3.05) is 5.32 Å². The first-order valence-electron chi connectivity index (χ1n) is 14.2. The van der Waals surface area contributed by atoms with E-state index >= 15 is 0 Å². The summed E-state index contributed by atoms with van der Waals surface area (Å²) < 4.78 is 13.7. The summed E-state index contributed by atoms with van der Waals surface area (Å²) in [6.07, 6.45) is 12.8. The van der Waals surface area contributed by atoms with Crippen molar-refractivity contribution in [3.63, 3.8) is 0 Å². The van der Waals surface area contributed by atoms with E-state index in [0.29, 0.717) is 18.6 Å². The monoisotopic (exact) mass is 537 g/mol. The van der Waals surface area contributed by atoms with E-state index in [1.54, 1.807) is 12.3 Å². The zero-order valence-electron chi connectivity index (χ0n) is 22.3. The predicted octanol–water partition coefficient (Wildman–Crippen LogP) is 5.99. The topological polar surface area (TPSA) is 114 Å². The summed E-state index contributed by atoms with van der Waals surface area (Å²) in [5, 5.41) is 11.4. The fraction of sp³-hybridized carbons (Fsp3) is 0.375. The van der Waals surface area contributed by atoms with Crippen LogP contribution >= 0.6 is 0 Å². The maximum Gasteiger partial charge on any atom is 0.226 e. The van der Waals surface area contributed by atoms with Gasteiger partial charge in [0.15, 0.2) is 0 Å². The Morgan fingerprint density at radius 1 is 1.15 bits per heavy atom. The minimum absolute atomic E-state index is 0.112. The molecule has 4 N–H and O–H groups in total. The highest BCUT2D eigenvalue weighted by atomic mass is 19.1. The molecule has 1 aliphatic heterocycles. The van der Waals surface area contributed by atoms with Crippen LogP contribution in [0.25, 0.3) is 17.2 Å². The number of benzene rings is 1. The number of allylic oxidation sites excluding steroid dienone is 3. The zero-order chi connectivity index (χ0) is 27.4. The molecule has 1 amide bonds. The standard InChI is InChI=1S/C32H32FN5O2/c33-21-4-1-3-19(15-21)20-8-9-22(35-17-20)10-11-24-23-12-14-32(13-2-5-26(32)39)16-25(23)36-31-28(24)29(37-38-31)27(30(34)40)18-6-7-18/h1,3-4,8-11,15,17-18,24,27H,2,5-7,12-14,16H2,(H2,34,40)(H2,36,37,38)/b11-10+. The van der Waals surface area contributed by atoms with Crippen LogP contribution < -0.4 is 11.1 Å². The summed E-state index contributed by atoms with van der Waals surface area (Å²) in [6, 6.07) is 10.3. The van der Waals surface area contributed by atoms with Gasteiger partial charge < -0.3 is 11.1 Å². The molecular weight excluding hydrogens is 505 g/mol. The van der Waals surface area contributed by atoms with Crippen LogP contribution in [-0.4, -0.2) is 26.9 Å². The molecule has 0 radical (unpaired) electrons. The Kier molecular flexibility index (Phi) is 5.95. The van der Waals surface area contributed by atoms with Gasteiger partial charge in [0.25, 0.3) is 0 Å². The molecule has 1 aromatic carbocycles. The Morgan fingerprint density at radius 2 is 2.02 bits per heavy atom. The van der Waals surface area contributed by atoms with E-state index in [0.717, 1.165) is 78.1 Å². The van der Waals surface area contributed by atoms with E-state index in [1.165, 1.54) is 17.7 Å². The quantitative estimate of drug-likeness (QED) is 0.357. The average molecular weight is 538 g/mol. The molecule has 3 unspecified atom stereocenters. The summed E-state index contributed by atoms with van der Waals surface area (Å²) in [5.41, 5.74) is 12.1. The summed E-state index contributed by atoms with van der Waals surface area (Å²) in [7, 11) is 0. The van der Waals surface area contributed by atoms with Crippen molar-refractivity contribution in [1.82, 2.24) is 15.2 Å². The smallest absolute Gasteiger partial charge is 0.226 e. The van der Waals surface area contributed by atoms with Crippen molar-refractivity contribution in [1.29, 1.82) is 0 Å². The number of carbonyl (C=O) groups excluding carboxylic acids is 2. The van der Waals surface area contributed by atoms with Crippen molar-refractivity contribution in [3.05, 3.63) is 82.7 Å². The van der Waals surface area contributed by atoms with Crippen molar-refractivity contribution < 1.29 is 14.0 Å².